The van der Waals surface area contributed by atoms with Crippen LogP contribution in [0, 0.1) is 0 Å². The highest BCUT2D eigenvalue weighted by Crippen LogP contribution is 2.51. The van der Waals surface area contributed by atoms with E-state index in [1.54, 1.807) is 0 Å². The van der Waals surface area contributed by atoms with E-state index in [9.17, 15) is 67.9 Å². The maximum atomic E-state index is 13.1. The summed E-state index contributed by atoms with van der Waals surface area (Å²) >= 11 is 1.39. The predicted molar refractivity (Wildman–Crippen MR) is 238 cm³/mol. The highest BCUT2D eigenvalue weighted by atomic mass is 32.2. The van der Waals surface area contributed by atoms with Gasteiger partial charge in [0.15, 0.2) is 11.2 Å². The zero-order chi connectivity index (χ0) is 48.0. The van der Waals surface area contributed by atoms with Crippen LogP contribution in [-0.4, -0.2) is 119 Å². The summed E-state index contributed by atoms with van der Waals surface area (Å²) in [5.74, 6) is -0.511. The Morgan fingerprint density at radius 2 is 0.891 bits per heavy atom. The van der Waals surface area contributed by atoms with E-state index in [1.165, 1.54) is 56.7 Å². The van der Waals surface area contributed by atoms with E-state index >= 15 is 0 Å². The van der Waals surface area contributed by atoms with Crippen molar-refractivity contribution >= 4 is 52.3 Å². The molecule has 1 rings (SSSR count). The lowest BCUT2D eigenvalue weighted by Crippen LogP contribution is -2.65. The molecule has 0 amide bonds. The van der Waals surface area contributed by atoms with Crippen molar-refractivity contribution in [2.75, 3.05) is 19.0 Å². The number of phosphoric ester groups is 3. The molecule has 1 fully saturated rings. The van der Waals surface area contributed by atoms with Gasteiger partial charge in [-0.3, -0.25) is 32.5 Å². The molecule has 1 saturated carbocycles. The van der Waals surface area contributed by atoms with Crippen molar-refractivity contribution in [2.45, 2.75) is 217 Å². The van der Waals surface area contributed by atoms with Crippen LogP contribution in [0.4, 0.5) is 0 Å². The number of rotatable bonds is 39. The SMILES string of the molecule is CCCCCCCCCCCCCCCC(=O)O[C@H](COC(=O)CCCCCCCCCCSC(=O)CCC)COP(=O)(O)OC1C(O)[C@@H](OP(=O)(O)O)C(O)[C@@H](OP(=O)(O)O)[C@H]1O. The largest absolute Gasteiger partial charge is 0.472 e. The summed E-state index contributed by atoms with van der Waals surface area (Å²) in [4.78, 5) is 84.7. The third-order valence-corrected chi connectivity index (χ3v) is 13.5. The minimum atomic E-state index is -5.55. The number of aliphatic hydroxyl groups is 3. The third-order valence-electron chi connectivity index (χ3n) is 10.4. The molecule has 0 saturated heterocycles. The summed E-state index contributed by atoms with van der Waals surface area (Å²) in [5, 5.41) is 32.0. The molecule has 0 aromatic carbocycles. The summed E-state index contributed by atoms with van der Waals surface area (Å²) in [7, 11) is -16.6. The molecule has 0 aliphatic heterocycles. The normalized spacial score (nSPS) is 21.9. The Hall–Kier alpha value is -0.830. The van der Waals surface area contributed by atoms with Gasteiger partial charge in [-0.05, 0) is 25.7 Å². The van der Waals surface area contributed by atoms with Crippen molar-refractivity contribution in [3.05, 3.63) is 0 Å². The predicted octanol–water partition coefficient (Wildman–Crippen LogP) is 7.05. The monoisotopic (exact) mass is 1000 g/mol. The molecule has 0 spiro atoms. The van der Waals surface area contributed by atoms with E-state index in [0.717, 1.165) is 89.2 Å². The molecule has 0 aromatic rings. The molecule has 0 bridgehead atoms. The van der Waals surface area contributed by atoms with Gasteiger partial charge >= 0.3 is 35.4 Å². The van der Waals surface area contributed by atoms with E-state index in [1.807, 2.05) is 6.92 Å². The van der Waals surface area contributed by atoms with Gasteiger partial charge in [0.05, 0.1) is 6.61 Å². The number of ether oxygens (including phenoxy) is 2. The number of hydrogen-bond acceptors (Lipinski definition) is 16. The van der Waals surface area contributed by atoms with Crippen molar-refractivity contribution in [1.82, 2.24) is 0 Å². The van der Waals surface area contributed by atoms with E-state index in [-0.39, 0.29) is 18.0 Å². The second-order valence-corrected chi connectivity index (χ2v) is 21.2. The molecule has 4 unspecified atom stereocenters. The van der Waals surface area contributed by atoms with Gasteiger partial charge in [-0.1, -0.05) is 141 Å². The lowest BCUT2D eigenvalue weighted by atomic mass is 9.85. The lowest BCUT2D eigenvalue weighted by molar-refractivity contribution is -0.213. The van der Waals surface area contributed by atoms with E-state index in [4.69, 9.17) is 18.5 Å². The number of phosphoric acid groups is 3. The first-order valence-corrected chi connectivity index (χ1v) is 28.4. The average molecular weight is 1000 g/mol. The number of aliphatic hydroxyl groups excluding tert-OH is 3. The second kappa shape index (κ2) is 34.5. The average Bonchev–Trinajstić information content (AvgIpc) is 3.21. The Morgan fingerprint density at radius 1 is 0.500 bits per heavy atom. The smallest absolute Gasteiger partial charge is 0.462 e. The van der Waals surface area contributed by atoms with Crippen LogP contribution in [0.2, 0.25) is 0 Å². The van der Waals surface area contributed by atoms with Crippen LogP contribution < -0.4 is 0 Å². The van der Waals surface area contributed by atoms with Gasteiger partial charge in [-0.25, -0.2) is 13.7 Å². The van der Waals surface area contributed by atoms with Gasteiger partial charge < -0.3 is 49.3 Å². The molecule has 8 N–H and O–H groups in total. The molecule has 0 radical (unpaired) electrons. The molecule has 1 aliphatic rings. The molecule has 64 heavy (non-hydrogen) atoms. The number of carbonyl (C=O) groups excluding carboxylic acids is 3. The minimum absolute atomic E-state index is 0.0161. The molecular weight excluding hydrogens is 925 g/mol. The maximum absolute atomic E-state index is 13.1. The van der Waals surface area contributed by atoms with Crippen molar-refractivity contribution in [3.8, 4) is 0 Å². The quantitative estimate of drug-likeness (QED) is 0.0174. The van der Waals surface area contributed by atoms with E-state index < -0.39 is 91.3 Å². The van der Waals surface area contributed by atoms with Crippen LogP contribution in [0.25, 0.3) is 0 Å². The molecular formula is C40H77O20P3S. The van der Waals surface area contributed by atoms with Crippen molar-refractivity contribution in [2.24, 2.45) is 0 Å². The molecule has 1 aliphatic carbocycles. The highest BCUT2D eigenvalue weighted by Gasteiger charge is 2.56. The summed E-state index contributed by atoms with van der Waals surface area (Å²) < 4.78 is 65.4. The highest BCUT2D eigenvalue weighted by molar-refractivity contribution is 8.13. The topological polar surface area (TPSA) is 320 Å². The van der Waals surface area contributed by atoms with Crippen LogP contribution in [0.5, 0.6) is 0 Å². The maximum Gasteiger partial charge on any atom is 0.472 e. The zero-order valence-electron chi connectivity index (χ0n) is 37.6. The van der Waals surface area contributed by atoms with Crippen LogP contribution in [0.1, 0.15) is 174 Å². The van der Waals surface area contributed by atoms with Gasteiger partial charge in [0, 0.05) is 25.0 Å². The van der Waals surface area contributed by atoms with Crippen LogP contribution in [0.3, 0.4) is 0 Å². The van der Waals surface area contributed by atoms with E-state index in [0.29, 0.717) is 19.3 Å². The van der Waals surface area contributed by atoms with Gasteiger partial charge in [-0.2, -0.15) is 0 Å². The third kappa shape index (κ3) is 30.5. The standard InChI is InChI=1S/C40H77O20P3S/c1-3-5-6-7-8-9-10-11-12-13-17-20-23-27-33(42)57-31(29-55-32(41)26-22-19-16-14-15-18-21-24-28-64-34(43)25-4-2)30-56-63(53,54)60-40-36(45)38(58-61(47,48)49)35(44)39(37(40)46)59-62(50,51)52/h31,35-40,44-46H,3-30H2,1-2H3,(H,53,54)(H2,47,48,49)(H2,50,51,52)/t31-,35?,36-,37?,38-,39+,40?/m1/s1. The second-order valence-electron chi connectivity index (χ2n) is 16.3. The zero-order valence-corrected chi connectivity index (χ0v) is 41.1. The van der Waals surface area contributed by atoms with Crippen molar-refractivity contribution < 1.29 is 95.4 Å². The Bertz CT molecular complexity index is 1390. The van der Waals surface area contributed by atoms with Crippen molar-refractivity contribution in [3.63, 3.8) is 0 Å². The Morgan fingerprint density at radius 3 is 1.31 bits per heavy atom. The van der Waals surface area contributed by atoms with Crippen molar-refractivity contribution in [1.29, 1.82) is 0 Å². The summed E-state index contributed by atoms with van der Waals surface area (Å²) in [6.07, 6.45) is 6.53. The minimum Gasteiger partial charge on any atom is -0.462 e. The molecule has 24 heteroatoms. The van der Waals surface area contributed by atoms with Gasteiger partial charge in [0.1, 0.15) is 43.2 Å². The first-order valence-electron chi connectivity index (χ1n) is 22.9. The van der Waals surface area contributed by atoms with Crippen LogP contribution >= 0.6 is 35.2 Å². The molecule has 0 heterocycles. The fourth-order valence-corrected chi connectivity index (χ4v) is 10.1. The first kappa shape index (κ1) is 61.2. The fraction of sp³-hybridized carbons (Fsp3) is 0.925. The summed E-state index contributed by atoms with van der Waals surface area (Å²) in [5.41, 5.74) is 0. The Balaban J connectivity index is 2.76. The molecule has 20 nitrogen and oxygen atoms in total. The van der Waals surface area contributed by atoms with E-state index in [2.05, 4.69) is 16.0 Å². The Labute approximate surface area is 382 Å². The number of esters is 2. The number of hydrogen-bond donors (Lipinski definition) is 8. The summed E-state index contributed by atoms with van der Waals surface area (Å²) in [6.45, 7) is 2.65. The number of thioether (sulfide) groups is 1. The lowest BCUT2D eigenvalue weighted by Gasteiger charge is -2.44. The first-order chi connectivity index (χ1) is 30.2. The molecule has 0 aromatic heterocycles. The van der Waals surface area contributed by atoms with Gasteiger partial charge in [-0.15, -0.1) is 0 Å². The van der Waals surface area contributed by atoms with Crippen LogP contribution in [0.15, 0.2) is 0 Å². The number of unbranched alkanes of at least 4 members (excludes halogenated alkanes) is 19. The van der Waals surface area contributed by atoms with Gasteiger partial charge in [0.2, 0.25) is 0 Å². The fourth-order valence-electron chi connectivity index (χ4n) is 7.02. The summed E-state index contributed by atoms with van der Waals surface area (Å²) in [6, 6.07) is 0. The molecule has 8 atom stereocenters. The van der Waals surface area contributed by atoms with Gasteiger partial charge in [0.25, 0.3) is 0 Å². The van der Waals surface area contributed by atoms with Crippen LogP contribution in [-0.2, 0) is 55.6 Å². The Kier molecular flexibility index (Phi) is 32.9. The molecule has 378 valence electrons. The number of carbonyl (C=O) groups is 3.